The van der Waals surface area contributed by atoms with Crippen molar-refractivity contribution < 1.29 is 0 Å². The van der Waals surface area contributed by atoms with Crippen molar-refractivity contribution in [3.05, 3.63) is 138 Å². The lowest BCUT2D eigenvalue weighted by atomic mass is 9.94. The van der Waals surface area contributed by atoms with Gasteiger partial charge in [0, 0.05) is 30.9 Å². The van der Waals surface area contributed by atoms with Crippen molar-refractivity contribution in [3.63, 3.8) is 0 Å². The van der Waals surface area contributed by atoms with Crippen LogP contribution in [0.2, 0.25) is 0 Å². The molecule has 0 spiro atoms. The van der Waals surface area contributed by atoms with Gasteiger partial charge in [0.25, 0.3) is 0 Å². The van der Waals surface area contributed by atoms with Gasteiger partial charge in [-0.2, -0.15) is 0 Å². The molecular weight excluding hydrogens is 400 g/mol. The number of hydrogen-bond acceptors (Lipinski definition) is 2. The summed E-state index contributed by atoms with van der Waals surface area (Å²) in [4.78, 5) is 7.32. The van der Waals surface area contributed by atoms with Gasteiger partial charge in [-0.25, -0.2) is 4.99 Å². The first-order valence-corrected chi connectivity index (χ1v) is 11.2. The Labute approximate surface area is 195 Å². The van der Waals surface area contributed by atoms with E-state index >= 15 is 0 Å². The van der Waals surface area contributed by atoms with Crippen LogP contribution in [0.5, 0.6) is 0 Å². The van der Waals surface area contributed by atoms with E-state index < -0.39 is 0 Å². The van der Waals surface area contributed by atoms with Crippen molar-refractivity contribution in [1.82, 2.24) is 0 Å². The Bertz CT molecular complexity index is 1330. The van der Waals surface area contributed by atoms with Crippen LogP contribution in [0.15, 0.2) is 126 Å². The summed E-state index contributed by atoms with van der Waals surface area (Å²) in [6, 6.07) is 40.1. The third-order valence-corrected chi connectivity index (χ3v) is 5.89. The van der Waals surface area contributed by atoms with E-state index in [4.69, 9.17) is 4.99 Å². The van der Waals surface area contributed by atoms with Gasteiger partial charge < -0.3 is 4.90 Å². The second-order valence-corrected chi connectivity index (χ2v) is 8.32. The third kappa shape index (κ3) is 4.28. The van der Waals surface area contributed by atoms with Crippen molar-refractivity contribution in [1.29, 1.82) is 0 Å². The summed E-state index contributed by atoms with van der Waals surface area (Å²) in [6.07, 6.45) is 2.29. The normalized spacial score (nSPS) is 14.5. The Morgan fingerprint density at radius 2 is 1.06 bits per heavy atom. The topological polar surface area (TPSA) is 15.6 Å². The molecule has 0 aliphatic heterocycles. The standard InChI is InChI=1S/C31H26N2/c1-33(2)27-20-18-26(19-21-27)32-31-29(24-14-8-4-9-15-24)22-28(23-12-6-3-7-13-23)30(31)25-16-10-5-11-17-25/h3-22H,1-2H3. The van der Waals surface area contributed by atoms with Gasteiger partial charge in [-0.05, 0) is 52.6 Å². The maximum Gasteiger partial charge on any atom is 0.0800 e. The van der Waals surface area contributed by atoms with E-state index in [1.54, 1.807) is 0 Å². The fourth-order valence-corrected chi connectivity index (χ4v) is 4.20. The van der Waals surface area contributed by atoms with Crippen LogP contribution in [-0.4, -0.2) is 19.8 Å². The van der Waals surface area contributed by atoms with Crippen LogP contribution in [0, 0.1) is 0 Å². The van der Waals surface area contributed by atoms with E-state index in [-0.39, 0.29) is 0 Å². The molecule has 160 valence electrons. The smallest absolute Gasteiger partial charge is 0.0800 e. The lowest BCUT2D eigenvalue weighted by Crippen LogP contribution is -2.07. The molecule has 2 heteroatoms. The first-order valence-electron chi connectivity index (χ1n) is 11.2. The lowest BCUT2D eigenvalue weighted by molar-refractivity contribution is 1.13. The second kappa shape index (κ2) is 9.13. The van der Waals surface area contributed by atoms with Gasteiger partial charge in [-0.3, -0.25) is 0 Å². The second-order valence-electron chi connectivity index (χ2n) is 8.32. The van der Waals surface area contributed by atoms with Crippen molar-refractivity contribution in [2.75, 3.05) is 19.0 Å². The molecule has 0 bridgehead atoms. The molecule has 0 atom stereocenters. The quantitative estimate of drug-likeness (QED) is 0.322. The zero-order chi connectivity index (χ0) is 22.6. The molecule has 4 aromatic rings. The summed E-state index contributed by atoms with van der Waals surface area (Å²) in [5.41, 5.74) is 10.1. The Morgan fingerprint density at radius 1 is 0.545 bits per heavy atom. The molecule has 1 aliphatic carbocycles. The van der Waals surface area contributed by atoms with Crippen molar-refractivity contribution >= 4 is 33.8 Å². The van der Waals surface area contributed by atoms with Crippen LogP contribution in [0.1, 0.15) is 16.7 Å². The van der Waals surface area contributed by atoms with E-state index in [9.17, 15) is 0 Å². The average Bonchev–Trinajstić information content (AvgIpc) is 3.25. The molecule has 0 unspecified atom stereocenters. The van der Waals surface area contributed by atoms with Crippen LogP contribution in [0.3, 0.4) is 0 Å². The van der Waals surface area contributed by atoms with E-state index in [1.807, 2.05) is 0 Å². The fourth-order valence-electron chi connectivity index (χ4n) is 4.20. The molecule has 2 nitrogen and oxygen atoms in total. The Morgan fingerprint density at radius 3 is 1.61 bits per heavy atom. The van der Waals surface area contributed by atoms with Gasteiger partial charge in [0.2, 0.25) is 0 Å². The summed E-state index contributed by atoms with van der Waals surface area (Å²) >= 11 is 0. The molecule has 0 saturated heterocycles. The molecule has 0 saturated carbocycles. The van der Waals surface area contributed by atoms with Gasteiger partial charge >= 0.3 is 0 Å². The lowest BCUT2D eigenvalue weighted by Gasteiger charge is -2.14. The van der Waals surface area contributed by atoms with Crippen LogP contribution in [0.25, 0.3) is 16.7 Å². The highest BCUT2D eigenvalue weighted by molar-refractivity contribution is 6.53. The predicted octanol–water partition coefficient (Wildman–Crippen LogP) is 7.53. The number of allylic oxidation sites excluding steroid dienone is 4. The number of anilines is 1. The highest BCUT2D eigenvalue weighted by Crippen LogP contribution is 2.41. The Hall–Kier alpha value is -4.17. The summed E-state index contributed by atoms with van der Waals surface area (Å²) in [5.74, 6) is 0. The van der Waals surface area contributed by atoms with Gasteiger partial charge in [-0.15, -0.1) is 0 Å². The zero-order valence-corrected chi connectivity index (χ0v) is 18.9. The number of hydrogen-bond donors (Lipinski definition) is 0. The summed E-state index contributed by atoms with van der Waals surface area (Å²) < 4.78 is 0. The van der Waals surface area contributed by atoms with Crippen LogP contribution >= 0.6 is 0 Å². The monoisotopic (exact) mass is 426 g/mol. The predicted molar refractivity (Wildman–Crippen MR) is 142 cm³/mol. The zero-order valence-electron chi connectivity index (χ0n) is 18.9. The number of aliphatic imine (C=N–C) groups is 1. The van der Waals surface area contributed by atoms with Gasteiger partial charge in [-0.1, -0.05) is 91.0 Å². The van der Waals surface area contributed by atoms with Crippen molar-refractivity contribution in [2.45, 2.75) is 0 Å². The molecule has 1 aliphatic rings. The SMILES string of the molecule is CN(C)c1ccc(N=C2C(c3ccccc3)=CC(c3ccccc3)=C2c2ccccc2)cc1. The minimum Gasteiger partial charge on any atom is -0.378 e. The van der Waals surface area contributed by atoms with Crippen molar-refractivity contribution in [2.24, 2.45) is 4.99 Å². The minimum absolute atomic E-state index is 0.945. The number of nitrogens with zero attached hydrogens (tertiary/aromatic N) is 2. The largest absolute Gasteiger partial charge is 0.378 e. The molecule has 0 aromatic heterocycles. The molecule has 0 amide bonds. The van der Waals surface area contributed by atoms with Gasteiger partial charge in [0.05, 0.1) is 11.4 Å². The minimum atomic E-state index is 0.945. The molecule has 0 radical (unpaired) electrons. The first kappa shape index (κ1) is 20.7. The number of benzene rings is 4. The van der Waals surface area contributed by atoms with E-state index in [2.05, 4.69) is 140 Å². The molecular formula is C31H26N2. The first-order chi connectivity index (χ1) is 16.2. The summed E-state index contributed by atoms with van der Waals surface area (Å²) in [7, 11) is 4.10. The van der Waals surface area contributed by atoms with E-state index in [1.165, 1.54) is 22.3 Å². The maximum absolute atomic E-state index is 5.22. The van der Waals surface area contributed by atoms with Gasteiger partial charge in [0.1, 0.15) is 0 Å². The summed E-state index contributed by atoms with van der Waals surface area (Å²) in [5, 5.41) is 0. The van der Waals surface area contributed by atoms with Crippen molar-refractivity contribution in [3.8, 4) is 0 Å². The van der Waals surface area contributed by atoms with Gasteiger partial charge in [0.15, 0.2) is 0 Å². The van der Waals surface area contributed by atoms with Crippen LogP contribution < -0.4 is 4.90 Å². The molecule has 4 aromatic carbocycles. The highest BCUT2D eigenvalue weighted by Gasteiger charge is 2.26. The van der Waals surface area contributed by atoms with Crippen LogP contribution in [0.4, 0.5) is 11.4 Å². The Kier molecular flexibility index (Phi) is 5.73. The van der Waals surface area contributed by atoms with E-state index in [0.29, 0.717) is 0 Å². The molecule has 5 rings (SSSR count). The average molecular weight is 427 g/mol. The fraction of sp³-hybridized carbons (Fsp3) is 0.0645. The van der Waals surface area contributed by atoms with Crippen LogP contribution in [-0.2, 0) is 0 Å². The van der Waals surface area contributed by atoms with E-state index in [0.717, 1.165) is 28.2 Å². The molecule has 33 heavy (non-hydrogen) atoms. The molecule has 0 heterocycles. The molecule has 0 N–H and O–H groups in total. The Balaban J connectivity index is 1.74. The highest BCUT2D eigenvalue weighted by atomic mass is 15.1. The summed E-state index contributed by atoms with van der Waals surface area (Å²) in [6.45, 7) is 0. The third-order valence-electron chi connectivity index (χ3n) is 5.89. The number of rotatable bonds is 5. The maximum atomic E-state index is 5.22. The molecule has 0 fully saturated rings.